The summed E-state index contributed by atoms with van der Waals surface area (Å²) in [5, 5.41) is 0.359. The standard InChI is InChI=1S/C26H23ClF3N5OS.C2H6/c1-4-5-6-11-31-15(2)24-20-10-7-17(25(30)35(20)14-33-24)22-18(28)8-9-19(23(22)29)34-37-21-12-16(27)13-32-26(21)36-3;1-2/h6-14,34H,4-5H2,1-3H3;1-2H3/b11-6-,31-15?;. The Bertz CT molecular complexity index is 1510. The molecule has 3 heterocycles. The second-order valence-electron chi connectivity index (χ2n) is 7.92. The van der Waals surface area contributed by atoms with Gasteiger partial charge in [0.05, 0.1) is 39.5 Å². The Kier molecular flexibility index (Phi) is 10.8. The smallest absolute Gasteiger partial charge is 0.228 e. The number of aliphatic imine (C=N–C) groups is 1. The van der Waals surface area contributed by atoms with Crippen molar-refractivity contribution >= 4 is 40.5 Å². The molecule has 0 fully saturated rings. The first-order chi connectivity index (χ1) is 18.8. The van der Waals surface area contributed by atoms with Crippen molar-refractivity contribution in [2.24, 2.45) is 4.99 Å². The maximum atomic E-state index is 15.5. The lowest BCUT2D eigenvalue weighted by molar-refractivity contribution is 0.387. The number of nitrogens with one attached hydrogen (secondary N) is 1. The maximum Gasteiger partial charge on any atom is 0.228 e. The van der Waals surface area contributed by atoms with Gasteiger partial charge in [0.2, 0.25) is 11.8 Å². The monoisotopic (exact) mass is 575 g/mol. The van der Waals surface area contributed by atoms with E-state index in [4.69, 9.17) is 16.3 Å². The van der Waals surface area contributed by atoms with Crippen molar-refractivity contribution in [1.29, 1.82) is 0 Å². The summed E-state index contributed by atoms with van der Waals surface area (Å²) in [5.74, 6) is -2.45. The molecule has 206 valence electrons. The van der Waals surface area contributed by atoms with Crippen LogP contribution in [0.25, 0.3) is 16.6 Å². The summed E-state index contributed by atoms with van der Waals surface area (Å²) in [6.07, 6.45) is 8.20. The Labute approximate surface area is 235 Å². The number of hydrogen-bond donors (Lipinski definition) is 1. The highest BCUT2D eigenvalue weighted by atomic mass is 35.5. The molecule has 0 bridgehead atoms. The number of fused-ring (bicyclic) bond motifs is 1. The van der Waals surface area contributed by atoms with Gasteiger partial charge in [-0.1, -0.05) is 44.9 Å². The minimum atomic E-state index is -0.959. The molecule has 4 aromatic rings. The Balaban J connectivity index is 0.00000205. The first kappa shape index (κ1) is 30.0. The molecular formula is C28H29ClF3N5OS. The second kappa shape index (κ2) is 14.0. The van der Waals surface area contributed by atoms with E-state index in [1.165, 1.54) is 31.8 Å². The summed E-state index contributed by atoms with van der Waals surface area (Å²) in [5.41, 5.74) is 0.675. The molecule has 4 rings (SSSR count). The van der Waals surface area contributed by atoms with E-state index in [2.05, 4.69) is 26.6 Å². The Morgan fingerprint density at radius 2 is 1.95 bits per heavy atom. The fourth-order valence-electron chi connectivity index (χ4n) is 3.59. The summed E-state index contributed by atoms with van der Waals surface area (Å²) in [4.78, 5) is 13.2. The SMILES string of the molecule is CC.CCC/C=C\N=C(C)c1ncn2c(F)c(-c3c(F)ccc(NSc4cc(Cl)cnc4OC)c3F)ccc12. The molecule has 0 radical (unpaired) electrons. The van der Waals surface area contributed by atoms with Crippen LogP contribution in [-0.4, -0.2) is 27.2 Å². The molecule has 39 heavy (non-hydrogen) atoms. The molecule has 6 nitrogen and oxygen atoms in total. The van der Waals surface area contributed by atoms with Gasteiger partial charge in [-0.15, -0.1) is 0 Å². The molecule has 3 aromatic heterocycles. The van der Waals surface area contributed by atoms with Gasteiger partial charge in [-0.3, -0.25) is 9.39 Å². The predicted octanol–water partition coefficient (Wildman–Crippen LogP) is 8.74. The number of rotatable bonds is 9. The first-order valence-electron chi connectivity index (χ1n) is 12.3. The molecule has 1 aromatic carbocycles. The highest BCUT2D eigenvalue weighted by molar-refractivity contribution is 8.00. The van der Waals surface area contributed by atoms with E-state index in [1.807, 2.05) is 19.9 Å². The number of nitrogens with zero attached hydrogens (tertiary/aromatic N) is 4. The molecule has 11 heteroatoms. The summed E-state index contributed by atoms with van der Waals surface area (Å²) >= 11 is 6.97. The minimum Gasteiger partial charge on any atom is -0.480 e. The highest BCUT2D eigenvalue weighted by Gasteiger charge is 2.22. The van der Waals surface area contributed by atoms with Crippen molar-refractivity contribution < 1.29 is 17.9 Å². The van der Waals surface area contributed by atoms with Gasteiger partial charge in [0.25, 0.3) is 0 Å². The summed E-state index contributed by atoms with van der Waals surface area (Å²) in [7, 11) is 1.44. The van der Waals surface area contributed by atoms with Crippen molar-refractivity contribution in [3.8, 4) is 17.0 Å². The zero-order valence-corrected chi connectivity index (χ0v) is 23.8. The topological polar surface area (TPSA) is 63.8 Å². The number of hydrogen-bond acceptors (Lipinski definition) is 6. The van der Waals surface area contributed by atoms with Crippen molar-refractivity contribution in [2.45, 2.75) is 45.4 Å². The molecule has 1 N–H and O–H groups in total. The third-order valence-electron chi connectivity index (χ3n) is 5.43. The number of methoxy groups -OCH3 is 1. The van der Waals surface area contributed by atoms with E-state index < -0.39 is 23.1 Å². The van der Waals surface area contributed by atoms with E-state index in [-0.39, 0.29) is 17.1 Å². The van der Waals surface area contributed by atoms with Crippen LogP contribution in [0.4, 0.5) is 18.9 Å². The van der Waals surface area contributed by atoms with E-state index >= 15 is 8.78 Å². The van der Waals surface area contributed by atoms with Crippen LogP contribution in [0.5, 0.6) is 5.88 Å². The second-order valence-corrected chi connectivity index (χ2v) is 9.21. The maximum absolute atomic E-state index is 15.5. The summed E-state index contributed by atoms with van der Waals surface area (Å²) in [6, 6.07) is 6.77. The van der Waals surface area contributed by atoms with Crippen LogP contribution in [0.2, 0.25) is 5.02 Å². The van der Waals surface area contributed by atoms with Crippen LogP contribution in [0.3, 0.4) is 0 Å². The van der Waals surface area contributed by atoms with Crippen molar-refractivity contribution in [3.05, 3.63) is 83.4 Å². The van der Waals surface area contributed by atoms with Crippen LogP contribution in [0.1, 0.15) is 46.2 Å². The quantitative estimate of drug-likeness (QED) is 0.123. The van der Waals surface area contributed by atoms with Crippen molar-refractivity contribution in [3.63, 3.8) is 0 Å². The number of unbranched alkanes of at least 4 members (excludes halogenated alkanes) is 1. The third kappa shape index (κ3) is 6.75. The Morgan fingerprint density at radius 3 is 2.67 bits per heavy atom. The molecule has 0 spiro atoms. The molecular weight excluding hydrogens is 547 g/mol. The van der Waals surface area contributed by atoms with Gasteiger partial charge >= 0.3 is 0 Å². The molecule has 0 unspecified atom stereocenters. The molecule has 0 saturated carbocycles. The largest absolute Gasteiger partial charge is 0.480 e. The fourth-order valence-corrected chi connectivity index (χ4v) is 4.60. The number of benzene rings is 1. The van der Waals surface area contributed by atoms with E-state index in [0.717, 1.165) is 35.3 Å². The van der Waals surface area contributed by atoms with Crippen LogP contribution < -0.4 is 9.46 Å². The zero-order chi connectivity index (χ0) is 28.5. The average Bonchev–Trinajstić information content (AvgIpc) is 3.38. The minimum absolute atomic E-state index is 0.0592. The Hall–Kier alpha value is -3.50. The fraction of sp³-hybridized carbons (Fsp3) is 0.250. The predicted molar refractivity (Wildman–Crippen MR) is 153 cm³/mol. The van der Waals surface area contributed by atoms with Crippen LogP contribution >= 0.6 is 23.5 Å². The molecule has 0 saturated heterocycles. The normalized spacial score (nSPS) is 11.6. The van der Waals surface area contributed by atoms with Gasteiger partial charge in [-0.25, -0.2) is 18.7 Å². The van der Waals surface area contributed by atoms with E-state index in [1.54, 1.807) is 25.3 Å². The van der Waals surface area contributed by atoms with Crippen LogP contribution in [-0.2, 0) is 0 Å². The van der Waals surface area contributed by atoms with Crippen LogP contribution in [0, 0.1) is 17.6 Å². The zero-order valence-electron chi connectivity index (χ0n) is 22.2. The van der Waals surface area contributed by atoms with Gasteiger partial charge in [-0.2, -0.15) is 4.39 Å². The van der Waals surface area contributed by atoms with E-state index in [0.29, 0.717) is 26.8 Å². The summed E-state index contributed by atoms with van der Waals surface area (Å²) in [6.45, 7) is 7.83. The average molecular weight is 576 g/mol. The van der Waals surface area contributed by atoms with Gasteiger partial charge < -0.3 is 9.46 Å². The van der Waals surface area contributed by atoms with Gasteiger partial charge in [-0.05, 0) is 55.6 Å². The molecule has 0 amide bonds. The number of ether oxygens (including phenoxy) is 1. The lowest BCUT2D eigenvalue weighted by Gasteiger charge is -2.13. The van der Waals surface area contributed by atoms with Gasteiger partial charge in [0, 0.05) is 18.0 Å². The molecule has 0 aliphatic rings. The number of allylic oxidation sites excluding steroid dienone is 1. The number of imidazole rings is 1. The van der Waals surface area contributed by atoms with Crippen molar-refractivity contribution in [1.82, 2.24) is 14.4 Å². The van der Waals surface area contributed by atoms with Crippen molar-refractivity contribution in [2.75, 3.05) is 11.8 Å². The third-order valence-corrected chi connectivity index (χ3v) is 6.47. The lowest BCUT2D eigenvalue weighted by atomic mass is 10.0. The molecule has 0 aliphatic heterocycles. The van der Waals surface area contributed by atoms with E-state index in [9.17, 15) is 4.39 Å². The number of anilines is 1. The molecule has 0 aliphatic carbocycles. The highest BCUT2D eigenvalue weighted by Crippen LogP contribution is 2.36. The van der Waals surface area contributed by atoms with Crippen LogP contribution in [0.15, 0.2) is 65.0 Å². The van der Waals surface area contributed by atoms with Gasteiger partial charge in [0.1, 0.15) is 17.8 Å². The van der Waals surface area contributed by atoms with Gasteiger partial charge in [0.15, 0.2) is 5.82 Å². The summed E-state index contributed by atoms with van der Waals surface area (Å²) < 4.78 is 55.0. The number of pyridine rings is 2. The molecule has 0 atom stereocenters. The number of aromatic nitrogens is 3. The first-order valence-corrected chi connectivity index (χ1v) is 13.5. The lowest BCUT2D eigenvalue weighted by Crippen LogP contribution is -2.02. The Morgan fingerprint density at radius 1 is 1.18 bits per heavy atom. The number of halogens is 4.